The second-order valence-electron chi connectivity index (χ2n) is 3.98. The molecule has 0 spiro atoms. The zero-order valence-corrected chi connectivity index (χ0v) is 11.2. The van der Waals surface area contributed by atoms with Crippen molar-refractivity contribution in [2.45, 2.75) is 6.61 Å². The molecule has 0 heterocycles. The first-order valence-corrected chi connectivity index (χ1v) is 6.31. The van der Waals surface area contributed by atoms with Crippen LogP contribution in [0.1, 0.15) is 11.1 Å². The fraction of sp³-hybridized carbons (Fsp3) is 0.133. The summed E-state index contributed by atoms with van der Waals surface area (Å²) in [4.78, 5) is 0.381. The van der Waals surface area contributed by atoms with E-state index >= 15 is 0 Å². The maximum absolute atomic E-state index is 5.52. The van der Waals surface area contributed by atoms with Gasteiger partial charge in [0, 0.05) is 5.56 Å². The van der Waals surface area contributed by atoms with Crippen LogP contribution in [0.5, 0.6) is 5.75 Å². The fourth-order valence-electron chi connectivity index (χ4n) is 1.56. The van der Waals surface area contributed by atoms with Crippen LogP contribution in [0.4, 0.5) is 0 Å². The van der Waals surface area contributed by atoms with Gasteiger partial charge < -0.3 is 15.2 Å². The second-order valence-corrected chi connectivity index (χ2v) is 4.42. The van der Waals surface area contributed by atoms with Gasteiger partial charge in [0.2, 0.25) is 0 Å². The molecule has 2 N–H and O–H groups in total. The average molecular weight is 273 g/mol. The Hall–Kier alpha value is -1.91. The molecule has 2 rings (SSSR count). The van der Waals surface area contributed by atoms with Gasteiger partial charge in [-0.05, 0) is 29.8 Å². The zero-order valence-electron chi connectivity index (χ0n) is 10.4. The Morgan fingerprint density at radius 2 is 1.68 bits per heavy atom. The van der Waals surface area contributed by atoms with Gasteiger partial charge in [0.1, 0.15) is 10.7 Å². The van der Waals surface area contributed by atoms with Crippen molar-refractivity contribution in [2.24, 2.45) is 5.73 Å². The molecule has 0 bridgehead atoms. The molecule has 98 valence electrons. The van der Waals surface area contributed by atoms with Crippen LogP contribution in [-0.2, 0) is 11.3 Å². The molecule has 2 aromatic carbocycles. The third-order valence-electron chi connectivity index (χ3n) is 2.56. The second kappa shape index (κ2) is 6.87. The molecule has 0 fully saturated rings. The first-order valence-electron chi connectivity index (χ1n) is 5.90. The lowest BCUT2D eigenvalue weighted by Crippen LogP contribution is -2.09. The molecule has 0 aliphatic carbocycles. The van der Waals surface area contributed by atoms with E-state index in [0.29, 0.717) is 11.6 Å². The van der Waals surface area contributed by atoms with Crippen LogP contribution in [0.25, 0.3) is 0 Å². The first-order chi connectivity index (χ1) is 9.25. The Kier molecular flexibility index (Phi) is 4.89. The molecule has 0 aliphatic heterocycles. The van der Waals surface area contributed by atoms with Crippen molar-refractivity contribution >= 4 is 17.2 Å². The van der Waals surface area contributed by atoms with Crippen molar-refractivity contribution in [3.05, 3.63) is 65.7 Å². The largest absolute Gasteiger partial charge is 0.468 e. The van der Waals surface area contributed by atoms with Gasteiger partial charge in [-0.1, -0.05) is 42.5 Å². The summed E-state index contributed by atoms with van der Waals surface area (Å²) in [5, 5.41) is 0. The number of hydrogen-bond acceptors (Lipinski definition) is 3. The number of ether oxygens (including phenoxy) is 2. The minimum Gasteiger partial charge on any atom is -0.468 e. The van der Waals surface area contributed by atoms with E-state index in [9.17, 15) is 0 Å². The number of thiocarbonyl (C=S) groups is 1. The number of rotatable bonds is 6. The van der Waals surface area contributed by atoms with E-state index in [4.69, 9.17) is 27.4 Å². The van der Waals surface area contributed by atoms with Gasteiger partial charge in [-0.2, -0.15) is 0 Å². The van der Waals surface area contributed by atoms with Gasteiger partial charge in [0.25, 0.3) is 0 Å². The molecular formula is C15H15NO2S. The van der Waals surface area contributed by atoms with E-state index in [2.05, 4.69) is 0 Å². The lowest BCUT2D eigenvalue weighted by molar-refractivity contribution is 0.00505. The minimum atomic E-state index is 0.210. The normalized spacial score (nSPS) is 10.1. The first kappa shape index (κ1) is 13.5. The summed E-state index contributed by atoms with van der Waals surface area (Å²) >= 11 is 4.88. The molecule has 0 aliphatic rings. The molecule has 0 saturated heterocycles. The van der Waals surface area contributed by atoms with Crippen molar-refractivity contribution in [1.82, 2.24) is 0 Å². The Morgan fingerprint density at radius 3 is 2.32 bits per heavy atom. The highest BCUT2D eigenvalue weighted by Crippen LogP contribution is 2.12. The molecule has 0 radical (unpaired) electrons. The Balaban J connectivity index is 1.75. The minimum absolute atomic E-state index is 0.210. The smallest absolute Gasteiger partial charge is 0.189 e. The lowest BCUT2D eigenvalue weighted by Gasteiger charge is -2.08. The standard InChI is InChI=1S/C15H15NO2S/c16-15(19)13-6-8-14(9-7-13)18-11-17-10-12-4-2-1-3-5-12/h1-9H,10-11H2,(H2,16,19). The Bertz CT molecular complexity index is 526. The molecule has 0 aromatic heterocycles. The topological polar surface area (TPSA) is 44.5 Å². The lowest BCUT2D eigenvalue weighted by atomic mass is 10.2. The van der Waals surface area contributed by atoms with Crippen LogP contribution >= 0.6 is 12.2 Å². The van der Waals surface area contributed by atoms with E-state index in [1.165, 1.54) is 0 Å². The highest BCUT2D eigenvalue weighted by atomic mass is 32.1. The van der Waals surface area contributed by atoms with Gasteiger partial charge in [-0.3, -0.25) is 0 Å². The van der Waals surface area contributed by atoms with Crippen molar-refractivity contribution in [2.75, 3.05) is 6.79 Å². The van der Waals surface area contributed by atoms with Gasteiger partial charge in [0.15, 0.2) is 6.79 Å². The van der Waals surface area contributed by atoms with Crippen LogP contribution in [0.3, 0.4) is 0 Å². The van der Waals surface area contributed by atoms with Crippen LogP contribution in [-0.4, -0.2) is 11.8 Å². The van der Waals surface area contributed by atoms with E-state index < -0.39 is 0 Å². The van der Waals surface area contributed by atoms with E-state index in [1.54, 1.807) is 0 Å². The van der Waals surface area contributed by atoms with Gasteiger partial charge in [0.05, 0.1) is 6.61 Å². The molecule has 0 unspecified atom stereocenters. The van der Waals surface area contributed by atoms with Gasteiger partial charge >= 0.3 is 0 Å². The highest BCUT2D eigenvalue weighted by Gasteiger charge is 1.98. The van der Waals surface area contributed by atoms with Crippen LogP contribution in [0.2, 0.25) is 0 Å². The molecule has 0 amide bonds. The van der Waals surface area contributed by atoms with Crippen molar-refractivity contribution in [3.63, 3.8) is 0 Å². The summed E-state index contributed by atoms with van der Waals surface area (Å²) < 4.78 is 10.9. The van der Waals surface area contributed by atoms with Crippen molar-refractivity contribution in [1.29, 1.82) is 0 Å². The quantitative estimate of drug-likeness (QED) is 0.499. The summed E-state index contributed by atoms with van der Waals surface area (Å²) in [6.45, 7) is 0.743. The molecular weight excluding hydrogens is 258 g/mol. The van der Waals surface area contributed by atoms with E-state index in [-0.39, 0.29) is 6.79 Å². The van der Waals surface area contributed by atoms with Crippen LogP contribution < -0.4 is 10.5 Å². The number of benzene rings is 2. The maximum Gasteiger partial charge on any atom is 0.189 e. The summed E-state index contributed by atoms with van der Waals surface area (Å²) in [7, 11) is 0. The third-order valence-corrected chi connectivity index (χ3v) is 2.80. The van der Waals surface area contributed by atoms with Crippen LogP contribution in [0, 0.1) is 0 Å². The van der Waals surface area contributed by atoms with Gasteiger partial charge in [-0.15, -0.1) is 0 Å². The Morgan fingerprint density at radius 1 is 1.00 bits per heavy atom. The third kappa shape index (κ3) is 4.35. The molecule has 0 atom stereocenters. The van der Waals surface area contributed by atoms with Gasteiger partial charge in [-0.25, -0.2) is 0 Å². The van der Waals surface area contributed by atoms with E-state index in [0.717, 1.165) is 16.9 Å². The molecule has 19 heavy (non-hydrogen) atoms. The monoisotopic (exact) mass is 273 g/mol. The summed E-state index contributed by atoms with van der Waals surface area (Å²) in [5.74, 6) is 0.730. The number of nitrogens with two attached hydrogens (primary N) is 1. The summed E-state index contributed by atoms with van der Waals surface area (Å²) in [5.41, 5.74) is 7.46. The molecule has 4 heteroatoms. The maximum atomic E-state index is 5.52. The highest BCUT2D eigenvalue weighted by molar-refractivity contribution is 7.80. The predicted octanol–water partition coefficient (Wildman–Crippen LogP) is 2.87. The van der Waals surface area contributed by atoms with E-state index in [1.807, 2.05) is 54.6 Å². The summed E-state index contributed by atoms with van der Waals surface area (Å²) in [6, 6.07) is 17.3. The Labute approximate surface area is 118 Å². The van der Waals surface area contributed by atoms with Crippen molar-refractivity contribution in [3.8, 4) is 5.75 Å². The fourth-order valence-corrected chi connectivity index (χ4v) is 1.69. The average Bonchev–Trinajstić information content (AvgIpc) is 2.45. The predicted molar refractivity (Wildman–Crippen MR) is 79.1 cm³/mol. The molecule has 3 nitrogen and oxygen atoms in total. The number of hydrogen-bond donors (Lipinski definition) is 1. The van der Waals surface area contributed by atoms with Crippen molar-refractivity contribution < 1.29 is 9.47 Å². The zero-order chi connectivity index (χ0) is 13.5. The molecule has 0 saturated carbocycles. The summed E-state index contributed by atoms with van der Waals surface area (Å²) in [6.07, 6.45) is 0. The van der Waals surface area contributed by atoms with Crippen LogP contribution in [0.15, 0.2) is 54.6 Å². The molecule has 2 aromatic rings. The SMILES string of the molecule is NC(=S)c1ccc(OCOCc2ccccc2)cc1.